The lowest BCUT2D eigenvalue weighted by Gasteiger charge is -2.13. The highest BCUT2D eigenvalue weighted by molar-refractivity contribution is 7.80. The Hall–Kier alpha value is -1.99. The number of aryl methyl sites for hydroxylation is 1. The fourth-order valence-corrected chi connectivity index (χ4v) is 4.53. The molecule has 0 fully saturated rings. The molecular weight excluding hydrogens is 371 g/mol. The van der Waals surface area contributed by atoms with Gasteiger partial charge in [0.2, 0.25) is 0 Å². The van der Waals surface area contributed by atoms with Crippen molar-refractivity contribution < 1.29 is 13.9 Å². The van der Waals surface area contributed by atoms with Crippen molar-refractivity contribution in [2.24, 2.45) is 0 Å². The fraction of sp³-hybridized carbons (Fsp3) is 0.368. The van der Waals surface area contributed by atoms with E-state index in [4.69, 9.17) is 17.0 Å². The summed E-state index contributed by atoms with van der Waals surface area (Å²) in [6.07, 6.45) is 4.12. The molecule has 138 valence electrons. The second-order valence-electron chi connectivity index (χ2n) is 6.07. The zero-order valence-corrected chi connectivity index (χ0v) is 16.2. The van der Waals surface area contributed by atoms with Gasteiger partial charge in [-0.05, 0) is 68.1 Å². The number of nitrogens with one attached hydrogen (secondary N) is 2. The van der Waals surface area contributed by atoms with E-state index in [1.54, 1.807) is 30.4 Å². The summed E-state index contributed by atoms with van der Waals surface area (Å²) in [5.74, 6) is -0.562. The molecule has 0 saturated heterocycles. The predicted molar refractivity (Wildman–Crippen MR) is 106 cm³/mol. The number of anilines is 1. The van der Waals surface area contributed by atoms with E-state index in [-0.39, 0.29) is 11.8 Å². The minimum Gasteiger partial charge on any atom is -0.462 e. The van der Waals surface area contributed by atoms with Gasteiger partial charge in [0.05, 0.1) is 12.2 Å². The van der Waals surface area contributed by atoms with Crippen molar-refractivity contribution in [2.75, 3.05) is 11.9 Å². The minimum absolute atomic E-state index is 0.266. The number of fused-ring (bicyclic) bond motifs is 1. The van der Waals surface area contributed by atoms with E-state index in [1.807, 2.05) is 0 Å². The molecule has 0 unspecified atom stereocenters. The predicted octanol–water partition coefficient (Wildman–Crippen LogP) is 4.43. The zero-order chi connectivity index (χ0) is 18.5. The molecule has 4 nitrogen and oxygen atoms in total. The normalized spacial score (nSPS) is 13.0. The largest absolute Gasteiger partial charge is 0.462 e. The second-order valence-corrected chi connectivity index (χ2v) is 7.58. The summed E-state index contributed by atoms with van der Waals surface area (Å²) in [6, 6.07) is 6.25. The monoisotopic (exact) mass is 392 g/mol. The van der Waals surface area contributed by atoms with Crippen molar-refractivity contribution in [3.8, 4) is 0 Å². The van der Waals surface area contributed by atoms with Crippen molar-refractivity contribution in [1.82, 2.24) is 5.32 Å². The van der Waals surface area contributed by atoms with Crippen molar-refractivity contribution >= 4 is 39.6 Å². The number of thiophene rings is 1. The molecule has 2 aromatic rings. The highest BCUT2D eigenvalue weighted by Crippen LogP contribution is 2.38. The lowest BCUT2D eigenvalue weighted by atomic mass is 9.95. The Kier molecular flexibility index (Phi) is 6.21. The Morgan fingerprint density at radius 3 is 2.73 bits per heavy atom. The van der Waals surface area contributed by atoms with Crippen LogP contribution in [0, 0.1) is 5.82 Å². The second kappa shape index (κ2) is 8.60. The molecule has 1 heterocycles. The molecule has 1 aromatic carbocycles. The average molecular weight is 393 g/mol. The minimum atomic E-state index is -0.296. The first kappa shape index (κ1) is 18.8. The number of rotatable bonds is 5. The van der Waals surface area contributed by atoms with Crippen LogP contribution in [0.25, 0.3) is 0 Å². The van der Waals surface area contributed by atoms with Gasteiger partial charge in [-0.15, -0.1) is 11.3 Å². The number of carbonyl (C=O) groups is 1. The van der Waals surface area contributed by atoms with Crippen molar-refractivity contribution in [2.45, 2.75) is 39.2 Å². The standard InChI is InChI=1S/C19H21FN2O2S2/c1-2-24-18(23)16-14-5-3-4-6-15(14)26-17(16)22-19(25)21-11-12-7-9-13(20)10-8-12/h7-10H,2-6,11H2,1H3,(H2,21,22,25). The zero-order valence-electron chi connectivity index (χ0n) is 14.6. The van der Waals surface area contributed by atoms with Gasteiger partial charge in [-0.25, -0.2) is 9.18 Å². The van der Waals surface area contributed by atoms with Crippen LogP contribution in [-0.2, 0) is 24.1 Å². The molecule has 0 amide bonds. The van der Waals surface area contributed by atoms with Crippen LogP contribution in [0.5, 0.6) is 0 Å². The maximum Gasteiger partial charge on any atom is 0.341 e. The van der Waals surface area contributed by atoms with Crippen LogP contribution in [0.2, 0.25) is 0 Å². The van der Waals surface area contributed by atoms with Gasteiger partial charge in [-0.1, -0.05) is 12.1 Å². The first-order valence-corrected chi connectivity index (χ1v) is 9.92. The molecule has 0 radical (unpaired) electrons. The van der Waals surface area contributed by atoms with Gasteiger partial charge in [0.15, 0.2) is 5.11 Å². The molecule has 1 aliphatic rings. The summed E-state index contributed by atoms with van der Waals surface area (Å²) < 4.78 is 18.2. The van der Waals surface area contributed by atoms with Gasteiger partial charge in [0.1, 0.15) is 10.8 Å². The summed E-state index contributed by atoms with van der Waals surface area (Å²) in [5.41, 5.74) is 2.65. The summed E-state index contributed by atoms with van der Waals surface area (Å²) in [5, 5.41) is 7.42. The van der Waals surface area contributed by atoms with Gasteiger partial charge >= 0.3 is 5.97 Å². The number of benzene rings is 1. The van der Waals surface area contributed by atoms with Gasteiger partial charge in [-0.2, -0.15) is 0 Å². The molecule has 1 aliphatic carbocycles. The van der Waals surface area contributed by atoms with E-state index in [0.717, 1.165) is 41.8 Å². The van der Waals surface area contributed by atoms with E-state index < -0.39 is 0 Å². The van der Waals surface area contributed by atoms with Crippen molar-refractivity contribution in [3.05, 3.63) is 51.7 Å². The van der Waals surface area contributed by atoms with Gasteiger partial charge in [0, 0.05) is 11.4 Å². The van der Waals surface area contributed by atoms with E-state index in [9.17, 15) is 9.18 Å². The third-order valence-corrected chi connectivity index (χ3v) is 5.70. The van der Waals surface area contributed by atoms with E-state index in [2.05, 4.69) is 10.6 Å². The number of halogens is 1. The molecule has 0 bridgehead atoms. The molecule has 3 rings (SSSR count). The van der Waals surface area contributed by atoms with E-state index >= 15 is 0 Å². The van der Waals surface area contributed by atoms with Crippen molar-refractivity contribution in [3.63, 3.8) is 0 Å². The summed E-state index contributed by atoms with van der Waals surface area (Å²) in [6.45, 7) is 2.63. The Balaban J connectivity index is 1.71. The van der Waals surface area contributed by atoms with Crippen LogP contribution in [0.4, 0.5) is 9.39 Å². The quantitative estimate of drug-likeness (QED) is 0.582. The first-order valence-electron chi connectivity index (χ1n) is 8.69. The maximum absolute atomic E-state index is 13.0. The van der Waals surface area contributed by atoms with Gasteiger partial charge in [0.25, 0.3) is 0 Å². The molecule has 0 aliphatic heterocycles. The highest BCUT2D eigenvalue weighted by Gasteiger charge is 2.26. The molecule has 0 saturated carbocycles. The van der Waals surface area contributed by atoms with Crippen LogP contribution in [0.1, 0.15) is 46.1 Å². The van der Waals surface area contributed by atoms with Crippen LogP contribution in [0.3, 0.4) is 0 Å². The van der Waals surface area contributed by atoms with E-state index in [1.165, 1.54) is 17.0 Å². The van der Waals surface area contributed by atoms with Gasteiger partial charge in [-0.3, -0.25) is 0 Å². The summed E-state index contributed by atoms with van der Waals surface area (Å²) in [7, 11) is 0. The van der Waals surface area contributed by atoms with Crippen LogP contribution >= 0.6 is 23.6 Å². The molecule has 7 heteroatoms. The third kappa shape index (κ3) is 4.40. The Bertz CT molecular complexity index is 803. The van der Waals surface area contributed by atoms with E-state index in [0.29, 0.717) is 23.8 Å². The Morgan fingerprint density at radius 1 is 1.27 bits per heavy atom. The summed E-state index contributed by atoms with van der Waals surface area (Å²) >= 11 is 6.95. The molecule has 2 N–H and O–H groups in total. The number of esters is 1. The molecule has 26 heavy (non-hydrogen) atoms. The van der Waals surface area contributed by atoms with Crippen LogP contribution in [-0.4, -0.2) is 17.7 Å². The van der Waals surface area contributed by atoms with Crippen LogP contribution < -0.4 is 10.6 Å². The van der Waals surface area contributed by atoms with Crippen molar-refractivity contribution in [1.29, 1.82) is 0 Å². The Morgan fingerprint density at radius 2 is 2.00 bits per heavy atom. The van der Waals surface area contributed by atoms with Gasteiger partial charge < -0.3 is 15.4 Å². The number of carbonyl (C=O) groups excluding carboxylic acids is 1. The average Bonchev–Trinajstić information content (AvgIpc) is 2.99. The lowest BCUT2D eigenvalue weighted by molar-refractivity contribution is 0.0526. The maximum atomic E-state index is 13.0. The first-order chi connectivity index (χ1) is 12.6. The summed E-state index contributed by atoms with van der Waals surface area (Å²) in [4.78, 5) is 13.7. The number of hydrogen-bond acceptors (Lipinski definition) is 4. The fourth-order valence-electron chi connectivity index (χ4n) is 3.01. The number of hydrogen-bond donors (Lipinski definition) is 2. The molecule has 0 spiro atoms. The highest BCUT2D eigenvalue weighted by atomic mass is 32.1. The number of ether oxygens (including phenoxy) is 1. The Labute approximate surface area is 161 Å². The van der Waals surface area contributed by atoms with Crippen LogP contribution in [0.15, 0.2) is 24.3 Å². The SMILES string of the molecule is CCOC(=O)c1c(NC(=S)NCc2ccc(F)cc2)sc2c1CCCC2. The third-order valence-electron chi connectivity index (χ3n) is 4.24. The molecule has 0 atom stereocenters. The molecular formula is C19H21FN2O2S2. The topological polar surface area (TPSA) is 50.4 Å². The lowest BCUT2D eigenvalue weighted by Crippen LogP contribution is -2.28. The molecule has 1 aromatic heterocycles. The number of thiocarbonyl (C=S) groups is 1. The smallest absolute Gasteiger partial charge is 0.341 e.